The Labute approximate surface area is 239 Å². The lowest BCUT2D eigenvalue weighted by Gasteiger charge is -2.12. The minimum Gasteiger partial charge on any atom is -0.317 e. The van der Waals surface area contributed by atoms with Crippen LogP contribution in [0.2, 0.25) is 0 Å². The Balaban J connectivity index is 1.38. The Kier molecular flexibility index (Phi) is 5.47. The summed E-state index contributed by atoms with van der Waals surface area (Å²) in [6.45, 7) is 0. The Hall–Kier alpha value is -5.62. The van der Waals surface area contributed by atoms with Crippen LogP contribution < -0.4 is 0 Å². The van der Waals surface area contributed by atoms with Gasteiger partial charge in [-0.2, -0.15) is 0 Å². The van der Waals surface area contributed by atoms with E-state index in [0.29, 0.717) is 17.3 Å². The van der Waals surface area contributed by atoms with Crippen LogP contribution in [0.5, 0.6) is 0 Å². The van der Waals surface area contributed by atoms with E-state index in [1.54, 1.807) is 24.3 Å². The first-order valence-electron chi connectivity index (χ1n) is 13.6. The topological polar surface area (TPSA) is 35.6 Å². The van der Waals surface area contributed by atoms with Crippen LogP contribution in [-0.4, -0.2) is 19.1 Å². The number of hydrogen-bond acceptors (Lipinski definition) is 2. The molecule has 0 fully saturated rings. The third kappa shape index (κ3) is 3.96. The van der Waals surface area contributed by atoms with Gasteiger partial charge in [-0.1, -0.05) is 36.4 Å². The minimum atomic E-state index is -0.319. The lowest BCUT2D eigenvalue weighted by Crippen LogP contribution is -2.04. The first-order chi connectivity index (χ1) is 20.6. The molecule has 0 atom stereocenters. The molecule has 42 heavy (non-hydrogen) atoms. The highest BCUT2D eigenvalue weighted by atomic mass is 19.1. The van der Waals surface area contributed by atoms with Crippen LogP contribution in [0.15, 0.2) is 134 Å². The van der Waals surface area contributed by atoms with E-state index in [-0.39, 0.29) is 11.6 Å². The summed E-state index contributed by atoms with van der Waals surface area (Å²) in [5.74, 6) is -0.164. The van der Waals surface area contributed by atoms with Crippen LogP contribution in [0.3, 0.4) is 0 Å². The highest BCUT2D eigenvalue weighted by Crippen LogP contribution is 2.35. The minimum absolute atomic E-state index is 0.319. The Morgan fingerprint density at radius 2 is 1.10 bits per heavy atom. The fourth-order valence-electron chi connectivity index (χ4n) is 5.71. The van der Waals surface area contributed by atoms with Crippen LogP contribution in [0.4, 0.5) is 8.78 Å². The first kappa shape index (κ1) is 24.2. The highest BCUT2D eigenvalue weighted by molar-refractivity contribution is 6.09. The Morgan fingerprint density at radius 1 is 0.500 bits per heavy atom. The molecule has 0 aliphatic carbocycles. The zero-order valence-corrected chi connectivity index (χ0v) is 22.2. The van der Waals surface area contributed by atoms with Crippen molar-refractivity contribution < 1.29 is 8.78 Å². The number of rotatable bonds is 4. The van der Waals surface area contributed by atoms with E-state index < -0.39 is 0 Å². The third-order valence-electron chi connectivity index (χ3n) is 7.73. The highest BCUT2D eigenvalue weighted by Gasteiger charge is 2.18. The Morgan fingerprint density at radius 3 is 1.79 bits per heavy atom. The van der Waals surface area contributed by atoms with Gasteiger partial charge in [0.25, 0.3) is 0 Å². The second-order valence-corrected chi connectivity index (χ2v) is 10.3. The summed E-state index contributed by atoms with van der Waals surface area (Å²) >= 11 is 0. The fraction of sp³-hybridized carbons (Fsp3) is 0. The van der Waals surface area contributed by atoms with Gasteiger partial charge in [-0.3, -0.25) is 4.57 Å². The van der Waals surface area contributed by atoms with Crippen molar-refractivity contribution >= 4 is 32.7 Å². The van der Waals surface area contributed by atoms with Gasteiger partial charge in [-0.25, -0.2) is 18.7 Å². The van der Waals surface area contributed by atoms with Gasteiger partial charge in [0, 0.05) is 33.8 Å². The van der Waals surface area contributed by atoms with Crippen molar-refractivity contribution in [3.63, 3.8) is 0 Å². The predicted molar refractivity (Wildman–Crippen MR) is 164 cm³/mol. The van der Waals surface area contributed by atoms with Crippen LogP contribution in [0, 0.1) is 11.6 Å². The van der Waals surface area contributed by atoms with Gasteiger partial charge in [0.05, 0.1) is 27.9 Å². The van der Waals surface area contributed by atoms with E-state index in [1.807, 2.05) is 30.3 Å². The average molecular weight is 549 g/mol. The molecule has 0 aliphatic heterocycles. The maximum Gasteiger partial charge on any atom is 0.235 e. The molecule has 0 unspecified atom stereocenters. The second-order valence-electron chi connectivity index (χ2n) is 10.3. The molecule has 0 bridgehead atoms. The third-order valence-corrected chi connectivity index (χ3v) is 7.73. The summed E-state index contributed by atoms with van der Waals surface area (Å²) in [4.78, 5) is 9.96. The normalized spacial score (nSPS) is 11.6. The van der Waals surface area contributed by atoms with Crippen LogP contribution in [-0.2, 0) is 0 Å². The number of benzene rings is 5. The molecule has 6 heteroatoms. The number of halogens is 2. The molecule has 0 radical (unpaired) electrons. The zero-order chi connectivity index (χ0) is 28.2. The largest absolute Gasteiger partial charge is 0.317 e. The van der Waals surface area contributed by atoms with Gasteiger partial charge >= 0.3 is 0 Å². The number of para-hydroxylation sites is 2. The molecule has 0 spiro atoms. The molecule has 0 amide bonds. The molecule has 0 aliphatic rings. The lowest BCUT2D eigenvalue weighted by atomic mass is 10.1. The molecular formula is C36H22F2N4. The lowest BCUT2D eigenvalue weighted by molar-refractivity contribution is 0.627. The molecule has 4 nitrogen and oxygen atoms in total. The van der Waals surface area contributed by atoms with Crippen molar-refractivity contribution in [3.8, 4) is 34.2 Å². The molecule has 0 saturated carbocycles. The Bertz CT molecular complexity index is 2200. The number of nitrogens with zero attached hydrogens (tertiary/aromatic N) is 4. The number of hydrogen-bond donors (Lipinski definition) is 0. The van der Waals surface area contributed by atoms with Crippen molar-refractivity contribution in [2.45, 2.75) is 0 Å². The maximum absolute atomic E-state index is 13.8. The van der Waals surface area contributed by atoms with Crippen LogP contribution in [0.1, 0.15) is 0 Å². The van der Waals surface area contributed by atoms with Gasteiger partial charge in [0.1, 0.15) is 11.6 Å². The molecule has 200 valence electrons. The van der Waals surface area contributed by atoms with Crippen LogP contribution >= 0.6 is 0 Å². The maximum atomic E-state index is 13.8. The molecular weight excluding hydrogens is 526 g/mol. The van der Waals surface area contributed by atoms with E-state index in [2.05, 4.69) is 63.9 Å². The summed E-state index contributed by atoms with van der Waals surface area (Å²) < 4.78 is 31.8. The van der Waals surface area contributed by atoms with Gasteiger partial charge in [-0.05, 0) is 96.4 Å². The standard InChI is InChI=1S/C36H22F2N4/c37-26-13-9-23(10-14-26)31-22-32(24-11-15-27(38)16-12-24)40-36(39-31)42-34-8-4-2-6-29(34)30-21-28(17-18-35(30)42)41-20-19-25-5-1-3-7-33(25)41/h1-22H. The number of fused-ring (bicyclic) bond motifs is 4. The van der Waals surface area contributed by atoms with E-state index in [0.717, 1.165) is 44.1 Å². The zero-order valence-electron chi connectivity index (χ0n) is 22.2. The van der Waals surface area contributed by atoms with Gasteiger partial charge in [0.15, 0.2) is 0 Å². The van der Waals surface area contributed by atoms with Crippen molar-refractivity contribution in [1.82, 2.24) is 19.1 Å². The summed E-state index contributed by atoms with van der Waals surface area (Å²) in [6.07, 6.45) is 2.09. The molecule has 8 rings (SSSR count). The van der Waals surface area contributed by atoms with Crippen molar-refractivity contribution in [1.29, 1.82) is 0 Å². The molecule has 3 aromatic heterocycles. The summed E-state index contributed by atoms with van der Waals surface area (Å²) in [6, 6.07) is 39.4. The van der Waals surface area contributed by atoms with Crippen LogP contribution in [0.25, 0.3) is 66.9 Å². The summed E-state index contributed by atoms with van der Waals surface area (Å²) in [5, 5.41) is 3.32. The summed E-state index contributed by atoms with van der Waals surface area (Å²) in [5.41, 5.74) is 6.90. The molecule has 0 saturated heterocycles. The predicted octanol–water partition coefficient (Wildman–Crippen LogP) is 9.13. The molecule has 3 heterocycles. The first-order valence-corrected chi connectivity index (χ1v) is 13.6. The van der Waals surface area contributed by atoms with Gasteiger partial charge in [-0.15, -0.1) is 0 Å². The smallest absolute Gasteiger partial charge is 0.235 e. The van der Waals surface area contributed by atoms with Gasteiger partial charge < -0.3 is 4.57 Å². The second kappa shape index (κ2) is 9.49. The molecule has 5 aromatic carbocycles. The monoisotopic (exact) mass is 548 g/mol. The van der Waals surface area contributed by atoms with Crippen molar-refractivity contribution in [2.24, 2.45) is 0 Å². The molecule has 0 N–H and O–H groups in total. The summed E-state index contributed by atoms with van der Waals surface area (Å²) in [7, 11) is 0. The van der Waals surface area contributed by atoms with Crippen molar-refractivity contribution in [2.75, 3.05) is 0 Å². The van der Waals surface area contributed by atoms with E-state index in [4.69, 9.17) is 9.97 Å². The van der Waals surface area contributed by atoms with E-state index >= 15 is 0 Å². The van der Waals surface area contributed by atoms with Gasteiger partial charge in [0.2, 0.25) is 5.95 Å². The SMILES string of the molecule is Fc1ccc(-c2cc(-c3ccc(F)cc3)nc(-n3c4ccccc4c4cc(-n5ccc6ccccc65)ccc43)n2)cc1. The quantitative estimate of drug-likeness (QED) is 0.220. The van der Waals surface area contributed by atoms with E-state index in [1.165, 1.54) is 29.7 Å². The number of aromatic nitrogens is 4. The van der Waals surface area contributed by atoms with Crippen molar-refractivity contribution in [3.05, 3.63) is 145 Å². The average Bonchev–Trinajstić information content (AvgIpc) is 3.61. The van der Waals surface area contributed by atoms with E-state index in [9.17, 15) is 8.78 Å². The molecule has 8 aromatic rings. The fourth-order valence-corrected chi connectivity index (χ4v) is 5.71.